The molecule has 3 atom stereocenters. The number of esters is 1. The molecule has 3 heterocycles. The number of hydrogen-bond donors (Lipinski definition) is 1. The lowest BCUT2D eigenvalue weighted by Crippen LogP contribution is -2.48. The fourth-order valence-electron chi connectivity index (χ4n) is 4.26. The number of benzene rings is 1. The molecule has 29 heavy (non-hydrogen) atoms. The van der Waals surface area contributed by atoms with Gasteiger partial charge in [0.25, 0.3) is 5.91 Å². The molecule has 3 aliphatic rings. The van der Waals surface area contributed by atoms with Crippen molar-refractivity contribution in [3.63, 3.8) is 0 Å². The molecule has 154 valence electrons. The van der Waals surface area contributed by atoms with Crippen LogP contribution in [0.15, 0.2) is 24.3 Å². The van der Waals surface area contributed by atoms with Crippen LogP contribution in [0.25, 0.3) is 0 Å². The van der Waals surface area contributed by atoms with Gasteiger partial charge in [-0.2, -0.15) is 0 Å². The van der Waals surface area contributed by atoms with Crippen molar-refractivity contribution in [2.75, 3.05) is 22.6 Å². The first-order valence-electron chi connectivity index (χ1n) is 9.64. The molecule has 8 nitrogen and oxygen atoms in total. The van der Waals surface area contributed by atoms with E-state index in [1.165, 1.54) is 4.90 Å². The van der Waals surface area contributed by atoms with E-state index in [1.807, 2.05) is 6.92 Å². The van der Waals surface area contributed by atoms with Gasteiger partial charge in [0.2, 0.25) is 11.8 Å². The molecule has 2 fully saturated rings. The molecule has 1 N–H and O–H groups in total. The number of carbonyl (C=O) groups is 4. The van der Waals surface area contributed by atoms with Gasteiger partial charge in [0.15, 0.2) is 6.61 Å². The first kappa shape index (κ1) is 19.8. The van der Waals surface area contributed by atoms with Gasteiger partial charge in [-0.25, -0.2) is 4.79 Å². The summed E-state index contributed by atoms with van der Waals surface area (Å²) in [6.07, 6.45) is 1.28. The molecule has 1 aromatic rings. The molecule has 0 spiro atoms. The summed E-state index contributed by atoms with van der Waals surface area (Å²) in [5.74, 6) is -0.723. The van der Waals surface area contributed by atoms with Gasteiger partial charge in [-0.15, -0.1) is 11.8 Å². The van der Waals surface area contributed by atoms with E-state index < -0.39 is 24.5 Å². The van der Waals surface area contributed by atoms with Crippen LogP contribution in [0.5, 0.6) is 0 Å². The minimum atomic E-state index is -0.662. The van der Waals surface area contributed by atoms with Crippen molar-refractivity contribution < 1.29 is 23.9 Å². The van der Waals surface area contributed by atoms with Crippen molar-refractivity contribution in [2.45, 2.75) is 50.1 Å². The molecular weight excluding hydrogens is 394 g/mol. The van der Waals surface area contributed by atoms with Gasteiger partial charge in [-0.1, -0.05) is 12.1 Å². The molecule has 3 aliphatic heterocycles. The highest BCUT2D eigenvalue weighted by molar-refractivity contribution is 8.01. The van der Waals surface area contributed by atoms with Gasteiger partial charge < -0.3 is 19.9 Å². The van der Waals surface area contributed by atoms with Crippen molar-refractivity contribution in [1.29, 1.82) is 0 Å². The second-order valence-electron chi connectivity index (χ2n) is 7.76. The largest absolute Gasteiger partial charge is 0.454 e. The van der Waals surface area contributed by atoms with E-state index >= 15 is 0 Å². The summed E-state index contributed by atoms with van der Waals surface area (Å²) in [6.45, 7) is 3.30. The number of hydrogen-bond acceptors (Lipinski definition) is 6. The Morgan fingerprint density at radius 3 is 2.86 bits per heavy atom. The summed E-state index contributed by atoms with van der Waals surface area (Å²) >= 11 is 1.58. The minimum Gasteiger partial charge on any atom is -0.454 e. The highest BCUT2D eigenvalue weighted by Crippen LogP contribution is 2.47. The zero-order valence-electron chi connectivity index (χ0n) is 16.3. The molecule has 1 aromatic carbocycles. The number of ether oxygens (including phenoxy) is 1. The lowest BCUT2D eigenvalue weighted by Gasteiger charge is -2.30. The lowest BCUT2D eigenvalue weighted by atomic mass is 10.1. The fraction of sp³-hybridized carbons (Fsp3) is 0.500. The topological polar surface area (TPSA) is 96.0 Å². The molecule has 3 amide bonds. The van der Waals surface area contributed by atoms with Crippen LogP contribution in [0.3, 0.4) is 0 Å². The molecular formula is C20H23N3O5S. The molecule has 0 aromatic heterocycles. The summed E-state index contributed by atoms with van der Waals surface area (Å²) < 4.78 is 5.33. The van der Waals surface area contributed by atoms with Crippen LogP contribution < -0.4 is 10.2 Å². The average molecular weight is 417 g/mol. The lowest BCUT2D eigenvalue weighted by molar-refractivity contribution is -0.155. The minimum absolute atomic E-state index is 0.0505. The third-order valence-corrected chi connectivity index (χ3v) is 7.19. The smallest absolute Gasteiger partial charge is 0.330 e. The van der Waals surface area contributed by atoms with Crippen LogP contribution in [0, 0.1) is 0 Å². The molecule has 0 bridgehead atoms. The van der Waals surface area contributed by atoms with E-state index in [9.17, 15) is 19.2 Å². The van der Waals surface area contributed by atoms with Crippen LogP contribution in [0.4, 0.5) is 11.4 Å². The molecule has 9 heteroatoms. The maximum atomic E-state index is 12.9. The summed E-state index contributed by atoms with van der Waals surface area (Å²) in [6, 6.07) is 6.00. The number of anilines is 2. The predicted octanol–water partition coefficient (Wildman–Crippen LogP) is 1.75. The van der Waals surface area contributed by atoms with E-state index in [4.69, 9.17) is 4.74 Å². The van der Waals surface area contributed by atoms with Crippen molar-refractivity contribution in [3.05, 3.63) is 24.3 Å². The third-order valence-electron chi connectivity index (χ3n) is 5.68. The number of nitrogens with one attached hydrogen (secondary N) is 1. The SMILES string of the molecule is C[C@H]1CC(=O)Nc2ccccc2N1C(=O)COC(=O)[C@H]1CS[C@@]2(C)CCC(=O)N12. The zero-order chi connectivity index (χ0) is 20.8. The Kier molecular flexibility index (Phi) is 5.02. The summed E-state index contributed by atoms with van der Waals surface area (Å²) in [7, 11) is 0. The van der Waals surface area contributed by atoms with Gasteiger partial charge in [-0.05, 0) is 32.4 Å². The van der Waals surface area contributed by atoms with Crippen LogP contribution in [0.2, 0.25) is 0 Å². The number of nitrogens with zero attached hydrogens (tertiary/aromatic N) is 2. The van der Waals surface area contributed by atoms with E-state index in [-0.39, 0.29) is 29.1 Å². The van der Waals surface area contributed by atoms with Gasteiger partial charge in [0.1, 0.15) is 6.04 Å². The Balaban J connectivity index is 1.46. The molecule has 4 rings (SSSR count). The maximum Gasteiger partial charge on any atom is 0.330 e. The number of rotatable bonds is 3. The van der Waals surface area contributed by atoms with Gasteiger partial charge in [0.05, 0.1) is 16.2 Å². The fourth-order valence-corrected chi connectivity index (χ4v) is 5.68. The molecule has 0 saturated carbocycles. The Labute approximate surface area is 172 Å². The highest BCUT2D eigenvalue weighted by atomic mass is 32.2. The number of para-hydroxylation sites is 2. The van der Waals surface area contributed by atoms with E-state index in [0.29, 0.717) is 30.0 Å². The van der Waals surface area contributed by atoms with Crippen molar-refractivity contribution in [1.82, 2.24) is 4.90 Å². The van der Waals surface area contributed by atoms with E-state index in [0.717, 1.165) is 0 Å². The first-order valence-corrected chi connectivity index (χ1v) is 10.6. The molecule has 0 radical (unpaired) electrons. The molecule has 0 aliphatic carbocycles. The number of thioether (sulfide) groups is 1. The van der Waals surface area contributed by atoms with Gasteiger partial charge >= 0.3 is 5.97 Å². The van der Waals surface area contributed by atoms with Crippen LogP contribution in [-0.2, 0) is 23.9 Å². The predicted molar refractivity (Wildman–Crippen MR) is 108 cm³/mol. The Bertz CT molecular complexity index is 891. The number of amides is 3. The maximum absolute atomic E-state index is 12.9. The summed E-state index contributed by atoms with van der Waals surface area (Å²) in [5.41, 5.74) is 1.12. The number of fused-ring (bicyclic) bond motifs is 2. The Hall–Kier alpha value is -2.55. The van der Waals surface area contributed by atoms with Crippen LogP contribution in [0.1, 0.15) is 33.1 Å². The van der Waals surface area contributed by atoms with E-state index in [2.05, 4.69) is 5.32 Å². The zero-order valence-corrected chi connectivity index (χ0v) is 17.2. The van der Waals surface area contributed by atoms with Crippen molar-refractivity contribution >= 4 is 46.8 Å². The number of carbonyl (C=O) groups excluding carboxylic acids is 4. The molecule has 2 saturated heterocycles. The molecule has 0 unspecified atom stereocenters. The van der Waals surface area contributed by atoms with Gasteiger partial charge in [0, 0.05) is 24.6 Å². The summed E-state index contributed by atoms with van der Waals surface area (Å²) in [5, 5.41) is 2.79. The second kappa shape index (κ2) is 7.37. The van der Waals surface area contributed by atoms with Crippen LogP contribution >= 0.6 is 11.8 Å². The highest BCUT2D eigenvalue weighted by Gasteiger charge is 2.53. The van der Waals surface area contributed by atoms with E-state index in [1.54, 1.807) is 47.9 Å². The van der Waals surface area contributed by atoms with Gasteiger partial charge in [-0.3, -0.25) is 14.4 Å². The second-order valence-corrected chi connectivity index (χ2v) is 9.26. The Morgan fingerprint density at radius 2 is 2.07 bits per heavy atom. The quantitative estimate of drug-likeness (QED) is 0.753. The van der Waals surface area contributed by atoms with Crippen molar-refractivity contribution in [3.8, 4) is 0 Å². The first-order chi connectivity index (χ1) is 13.8. The summed E-state index contributed by atoms with van der Waals surface area (Å²) in [4.78, 5) is 52.6. The average Bonchev–Trinajstić information content (AvgIpc) is 3.12. The normalized spacial score (nSPS) is 28.5. The standard InChI is InChI=1S/C20H23N3O5S/c1-12-9-16(24)21-13-5-3-4-6-14(13)22(12)18(26)10-28-19(27)15-11-29-20(2)8-7-17(25)23(15)20/h3-6,12,15H,7-11H2,1-2H3,(H,21,24)/t12-,15+,20-/m0/s1. The monoisotopic (exact) mass is 417 g/mol. The third kappa shape index (κ3) is 3.48. The Morgan fingerprint density at radius 1 is 1.31 bits per heavy atom. The van der Waals surface area contributed by atoms with Crippen LogP contribution in [-0.4, -0.2) is 57.9 Å². The van der Waals surface area contributed by atoms with Crippen molar-refractivity contribution in [2.24, 2.45) is 0 Å².